The van der Waals surface area contributed by atoms with Gasteiger partial charge < -0.3 is 10.1 Å². The largest absolute Gasteiger partial charge is 0.452 e. The first-order chi connectivity index (χ1) is 16.2. The van der Waals surface area contributed by atoms with Gasteiger partial charge in [-0.2, -0.15) is 0 Å². The van der Waals surface area contributed by atoms with Crippen LogP contribution in [0.5, 0.6) is 0 Å². The number of para-hydroxylation sites is 1. The zero-order valence-corrected chi connectivity index (χ0v) is 21.4. The van der Waals surface area contributed by atoms with Crippen LogP contribution in [0.4, 0.5) is 5.69 Å². The normalized spacial score (nSPS) is 10.9. The Hall–Kier alpha value is -2.93. The van der Waals surface area contributed by atoms with Gasteiger partial charge in [0.15, 0.2) is 6.61 Å². The van der Waals surface area contributed by atoms with Crippen molar-refractivity contribution < 1.29 is 14.3 Å². The minimum atomic E-state index is -0.635. The summed E-state index contributed by atoms with van der Waals surface area (Å²) < 4.78 is 6.32. The molecule has 34 heavy (non-hydrogen) atoms. The Balaban J connectivity index is 1.58. The molecule has 0 saturated heterocycles. The topological polar surface area (TPSA) is 68.3 Å². The molecule has 1 N–H and O–H groups in total. The molecule has 1 aromatic heterocycles. The Morgan fingerprint density at radius 1 is 1.00 bits per heavy atom. The lowest BCUT2D eigenvalue weighted by molar-refractivity contribution is -0.119. The predicted octanol–water partition coefficient (Wildman–Crippen LogP) is 7.38. The highest BCUT2D eigenvalue weighted by Crippen LogP contribution is 2.32. The van der Waals surface area contributed by atoms with Crippen molar-refractivity contribution in [2.75, 3.05) is 11.9 Å². The molecule has 1 amide bonds. The zero-order chi connectivity index (χ0) is 24.4. The van der Waals surface area contributed by atoms with Crippen LogP contribution in [0, 0.1) is 13.8 Å². The highest BCUT2D eigenvalue weighted by Gasteiger charge is 2.18. The van der Waals surface area contributed by atoms with E-state index in [9.17, 15) is 9.59 Å². The fraction of sp³-hybridized carbons (Fsp3) is 0.115. The van der Waals surface area contributed by atoms with Crippen molar-refractivity contribution in [1.82, 2.24) is 4.98 Å². The molecule has 4 aromatic rings. The van der Waals surface area contributed by atoms with Gasteiger partial charge in [0.25, 0.3) is 5.91 Å². The summed E-state index contributed by atoms with van der Waals surface area (Å²) in [4.78, 5) is 30.1. The molecule has 0 bridgehead atoms. The van der Waals surface area contributed by atoms with Gasteiger partial charge in [-0.25, -0.2) is 9.78 Å². The Morgan fingerprint density at radius 3 is 2.53 bits per heavy atom. The predicted molar refractivity (Wildman–Crippen MR) is 140 cm³/mol. The van der Waals surface area contributed by atoms with Gasteiger partial charge in [-0.15, -0.1) is 0 Å². The molecule has 0 aliphatic carbocycles. The summed E-state index contributed by atoms with van der Waals surface area (Å²) in [5, 5.41) is 4.31. The fourth-order valence-electron chi connectivity index (χ4n) is 3.49. The number of aromatic nitrogens is 1. The zero-order valence-electron chi connectivity index (χ0n) is 18.3. The molecule has 0 fully saturated rings. The van der Waals surface area contributed by atoms with E-state index in [1.165, 1.54) is 0 Å². The van der Waals surface area contributed by atoms with Gasteiger partial charge in [-0.3, -0.25) is 4.79 Å². The van der Waals surface area contributed by atoms with Crippen LogP contribution < -0.4 is 5.32 Å². The Morgan fingerprint density at radius 2 is 1.76 bits per heavy atom. The molecule has 3 aromatic carbocycles. The number of amides is 1. The summed E-state index contributed by atoms with van der Waals surface area (Å²) >= 11 is 15.9. The van der Waals surface area contributed by atoms with Crippen molar-refractivity contribution in [2.45, 2.75) is 13.8 Å². The third kappa shape index (κ3) is 5.25. The van der Waals surface area contributed by atoms with Crippen LogP contribution in [0.15, 0.2) is 65.1 Å². The van der Waals surface area contributed by atoms with Crippen molar-refractivity contribution in [3.8, 4) is 11.3 Å². The van der Waals surface area contributed by atoms with E-state index in [2.05, 4.69) is 26.2 Å². The lowest BCUT2D eigenvalue weighted by atomic mass is 10.0. The van der Waals surface area contributed by atoms with Gasteiger partial charge in [0.2, 0.25) is 0 Å². The number of nitrogens with zero attached hydrogens (tertiary/aromatic N) is 1. The molecule has 0 aliphatic rings. The van der Waals surface area contributed by atoms with Crippen molar-refractivity contribution in [3.63, 3.8) is 0 Å². The van der Waals surface area contributed by atoms with Gasteiger partial charge in [0.05, 0.1) is 21.8 Å². The van der Waals surface area contributed by atoms with E-state index >= 15 is 0 Å². The molecule has 172 valence electrons. The van der Waals surface area contributed by atoms with E-state index in [4.69, 9.17) is 27.9 Å². The van der Waals surface area contributed by atoms with Crippen molar-refractivity contribution in [1.29, 1.82) is 0 Å². The van der Waals surface area contributed by atoms with Crippen LogP contribution in [0.2, 0.25) is 10.0 Å². The number of esters is 1. The number of carbonyl (C=O) groups is 2. The first-order valence-corrected chi connectivity index (χ1v) is 11.9. The van der Waals surface area contributed by atoms with E-state index < -0.39 is 18.5 Å². The highest BCUT2D eigenvalue weighted by molar-refractivity contribution is 9.10. The summed E-state index contributed by atoms with van der Waals surface area (Å²) in [6, 6.07) is 17.7. The average Bonchev–Trinajstić information content (AvgIpc) is 2.80. The first kappa shape index (κ1) is 24.2. The van der Waals surface area contributed by atoms with E-state index in [-0.39, 0.29) is 5.56 Å². The van der Waals surface area contributed by atoms with Gasteiger partial charge in [0, 0.05) is 26.1 Å². The molecule has 0 saturated carbocycles. The molecule has 0 atom stereocenters. The van der Waals surface area contributed by atoms with Crippen molar-refractivity contribution in [3.05, 3.63) is 91.9 Å². The third-order valence-corrected chi connectivity index (χ3v) is 6.66. The third-order valence-electron chi connectivity index (χ3n) is 5.26. The average molecular weight is 558 g/mol. The molecular weight excluding hydrogens is 539 g/mol. The van der Waals surface area contributed by atoms with Crippen LogP contribution in [-0.2, 0) is 9.53 Å². The number of benzene rings is 3. The quantitative estimate of drug-likeness (QED) is 0.260. The number of pyridine rings is 1. The SMILES string of the molecule is Cc1cc(NC(=O)COC(=O)c2cc(-c3ccc(Cl)cc3Cl)nc3ccccc23)c(C)cc1Br. The Labute approximate surface area is 215 Å². The number of aryl methyl sites for hydroxylation is 2. The smallest absolute Gasteiger partial charge is 0.339 e. The second-order valence-corrected chi connectivity index (χ2v) is 9.43. The minimum absolute atomic E-state index is 0.287. The Bertz CT molecular complexity index is 1440. The number of hydrogen-bond acceptors (Lipinski definition) is 4. The summed E-state index contributed by atoms with van der Waals surface area (Å²) in [7, 11) is 0. The molecule has 0 spiro atoms. The number of carbonyl (C=O) groups excluding carboxylic acids is 2. The highest BCUT2D eigenvalue weighted by atomic mass is 79.9. The maximum atomic E-state index is 13.0. The molecular formula is C26H19BrCl2N2O3. The minimum Gasteiger partial charge on any atom is -0.452 e. The van der Waals surface area contributed by atoms with Crippen molar-refractivity contribution in [2.24, 2.45) is 0 Å². The Kier molecular flexibility index (Phi) is 7.22. The van der Waals surface area contributed by atoms with Gasteiger partial charge in [0.1, 0.15) is 0 Å². The summed E-state index contributed by atoms with van der Waals surface area (Å²) in [5.74, 6) is -1.07. The van der Waals surface area contributed by atoms with E-state index in [0.29, 0.717) is 37.9 Å². The number of halogens is 3. The second kappa shape index (κ2) is 10.1. The van der Waals surface area contributed by atoms with E-state index in [0.717, 1.165) is 15.6 Å². The molecule has 4 rings (SSSR count). The molecule has 0 unspecified atom stereocenters. The number of ether oxygens (including phenoxy) is 1. The van der Waals surface area contributed by atoms with Crippen LogP contribution in [0.3, 0.4) is 0 Å². The lowest BCUT2D eigenvalue weighted by Crippen LogP contribution is -2.21. The summed E-state index contributed by atoms with van der Waals surface area (Å²) in [6.07, 6.45) is 0. The summed E-state index contributed by atoms with van der Waals surface area (Å²) in [5.41, 5.74) is 4.55. The maximum absolute atomic E-state index is 13.0. The lowest BCUT2D eigenvalue weighted by Gasteiger charge is -2.12. The van der Waals surface area contributed by atoms with Crippen LogP contribution >= 0.6 is 39.1 Å². The number of fused-ring (bicyclic) bond motifs is 1. The van der Waals surface area contributed by atoms with E-state index in [1.54, 1.807) is 42.5 Å². The molecule has 1 heterocycles. The monoisotopic (exact) mass is 556 g/mol. The van der Waals surface area contributed by atoms with Crippen molar-refractivity contribution >= 4 is 67.6 Å². The molecule has 0 aliphatic heterocycles. The van der Waals surface area contributed by atoms with Crippen LogP contribution in [-0.4, -0.2) is 23.5 Å². The second-order valence-electron chi connectivity index (χ2n) is 7.74. The number of hydrogen-bond donors (Lipinski definition) is 1. The maximum Gasteiger partial charge on any atom is 0.339 e. The fourth-order valence-corrected chi connectivity index (χ4v) is 4.45. The number of anilines is 1. The molecule has 8 heteroatoms. The summed E-state index contributed by atoms with van der Waals surface area (Å²) in [6.45, 7) is 3.39. The van der Waals surface area contributed by atoms with Crippen LogP contribution in [0.25, 0.3) is 22.2 Å². The van der Waals surface area contributed by atoms with Gasteiger partial charge in [-0.1, -0.05) is 57.3 Å². The van der Waals surface area contributed by atoms with Crippen LogP contribution in [0.1, 0.15) is 21.5 Å². The standard InChI is InChI=1S/C26H19BrCl2N2O3/c1-14-10-23(15(2)9-20(14)27)31-25(32)13-34-26(33)19-12-24(18-8-7-16(28)11-21(18)29)30-22-6-4-3-5-17(19)22/h3-12H,13H2,1-2H3,(H,31,32). The molecule has 0 radical (unpaired) electrons. The van der Waals surface area contributed by atoms with Gasteiger partial charge >= 0.3 is 5.97 Å². The first-order valence-electron chi connectivity index (χ1n) is 10.3. The van der Waals surface area contributed by atoms with Gasteiger partial charge in [-0.05, 0) is 67.4 Å². The number of rotatable bonds is 5. The number of nitrogens with one attached hydrogen (secondary N) is 1. The molecule has 5 nitrogen and oxygen atoms in total. The van der Waals surface area contributed by atoms with E-state index in [1.807, 2.05) is 32.0 Å².